The van der Waals surface area contributed by atoms with Crippen LogP contribution in [0.3, 0.4) is 0 Å². The molecule has 3 heteroatoms. The Morgan fingerprint density at radius 3 is 1.16 bits per heavy atom. The van der Waals surface area contributed by atoms with E-state index in [2.05, 4.69) is 198 Å². The molecule has 0 aliphatic heterocycles. The second-order valence-electron chi connectivity index (χ2n) is 19.2. The molecule has 292 valence electrons. The zero-order valence-corrected chi connectivity index (χ0v) is 35.2. The van der Waals surface area contributed by atoms with Crippen LogP contribution in [0.25, 0.3) is 126 Å². The van der Waals surface area contributed by atoms with E-state index < -0.39 is 0 Å². The van der Waals surface area contributed by atoms with Crippen molar-refractivity contribution >= 4 is 104 Å². The molecule has 0 aliphatic rings. The molecule has 0 spiro atoms. The van der Waals surface area contributed by atoms with Gasteiger partial charge >= 0.3 is 0 Å². The molecule has 13 rings (SSSR count). The lowest BCUT2D eigenvalue weighted by Gasteiger charge is -2.18. The molecule has 0 unspecified atom stereocenters. The number of aromatic nitrogens is 1. The highest BCUT2D eigenvalue weighted by atomic mass is 16.3. The van der Waals surface area contributed by atoms with E-state index in [1.807, 2.05) is 0 Å². The first-order chi connectivity index (χ1) is 29.6. The second kappa shape index (κ2) is 11.8. The Morgan fingerprint density at radius 1 is 0.361 bits per heavy atom. The molecule has 0 fully saturated rings. The summed E-state index contributed by atoms with van der Waals surface area (Å²) in [6.45, 7) is 13.6. The van der Waals surface area contributed by atoms with Gasteiger partial charge in [-0.15, -0.1) is 0 Å². The van der Waals surface area contributed by atoms with Gasteiger partial charge in [-0.1, -0.05) is 181 Å². The topological polar surface area (TPSA) is 30.7 Å². The number of para-hydroxylation sites is 5. The number of hydrogen-bond acceptors (Lipinski definition) is 2. The Balaban J connectivity index is 1.19. The van der Waals surface area contributed by atoms with Crippen LogP contribution in [0.1, 0.15) is 52.7 Å². The van der Waals surface area contributed by atoms with Crippen molar-refractivity contribution in [2.75, 3.05) is 0 Å². The maximum atomic E-state index is 7.09. The number of hydrogen-bond donors (Lipinski definition) is 0. The zero-order chi connectivity index (χ0) is 41.1. The first-order valence-electron chi connectivity index (χ1n) is 21.5. The highest BCUT2D eigenvalue weighted by Gasteiger charge is 2.29. The van der Waals surface area contributed by atoms with E-state index in [0.717, 1.165) is 55.0 Å². The van der Waals surface area contributed by atoms with E-state index in [1.54, 1.807) is 0 Å². The highest BCUT2D eigenvalue weighted by molar-refractivity contribution is 6.34. The second-order valence-corrected chi connectivity index (χ2v) is 19.2. The number of nitrogens with zero attached hydrogens (tertiary/aromatic N) is 1. The van der Waals surface area contributed by atoms with Crippen LogP contribution in [-0.4, -0.2) is 4.40 Å². The summed E-state index contributed by atoms with van der Waals surface area (Å²) in [5, 5.41) is 14.4. The highest BCUT2D eigenvalue weighted by Crippen LogP contribution is 2.52. The monoisotopic (exact) mass is 785 g/mol. The van der Waals surface area contributed by atoms with E-state index in [-0.39, 0.29) is 10.8 Å². The molecular formula is C58H43NO2. The van der Waals surface area contributed by atoms with Gasteiger partial charge < -0.3 is 13.2 Å². The van der Waals surface area contributed by atoms with Gasteiger partial charge in [-0.3, -0.25) is 0 Å². The third-order valence-electron chi connectivity index (χ3n) is 13.5. The number of fused-ring (bicyclic) bond motifs is 14. The molecule has 0 N–H and O–H groups in total. The lowest BCUT2D eigenvalue weighted by Crippen LogP contribution is -2.10. The molecule has 4 aromatic heterocycles. The number of furan rings is 2. The lowest BCUT2D eigenvalue weighted by molar-refractivity contribution is 0.572. The van der Waals surface area contributed by atoms with E-state index in [0.29, 0.717) is 0 Å². The quantitative estimate of drug-likeness (QED) is 0.175. The molecule has 0 bridgehead atoms. The van der Waals surface area contributed by atoms with Crippen molar-refractivity contribution in [3.63, 3.8) is 0 Å². The van der Waals surface area contributed by atoms with Gasteiger partial charge in [0.15, 0.2) is 0 Å². The van der Waals surface area contributed by atoms with Crippen LogP contribution in [0.15, 0.2) is 160 Å². The Labute approximate surface area is 352 Å². The molecular weight excluding hydrogens is 743 g/mol. The van der Waals surface area contributed by atoms with Crippen molar-refractivity contribution in [3.8, 4) is 22.3 Å². The maximum Gasteiger partial charge on any atom is 0.143 e. The van der Waals surface area contributed by atoms with Crippen molar-refractivity contribution < 1.29 is 8.83 Å². The van der Waals surface area contributed by atoms with Crippen LogP contribution in [0, 0.1) is 0 Å². The third-order valence-corrected chi connectivity index (χ3v) is 13.5. The normalized spacial score (nSPS) is 13.1. The molecule has 0 aliphatic carbocycles. The minimum atomic E-state index is -0.0667. The van der Waals surface area contributed by atoms with E-state index >= 15 is 0 Å². The van der Waals surface area contributed by atoms with Crippen molar-refractivity contribution in [2.24, 2.45) is 0 Å². The Hall–Kier alpha value is -7.10. The van der Waals surface area contributed by atoms with Crippen LogP contribution in [-0.2, 0) is 10.8 Å². The molecule has 3 nitrogen and oxygen atoms in total. The predicted octanol–water partition coefficient (Wildman–Crippen LogP) is 16.9. The molecule has 4 heterocycles. The van der Waals surface area contributed by atoms with Gasteiger partial charge in [0.1, 0.15) is 22.3 Å². The Morgan fingerprint density at radius 2 is 0.721 bits per heavy atom. The number of benzene rings is 9. The van der Waals surface area contributed by atoms with Gasteiger partial charge in [0, 0.05) is 76.5 Å². The molecule has 9 aromatic carbocycles. The van der Waals surface area contributed by atoms with Crippen LogP contribution in [0.2, 0.25) is 0 Å². The van der Waals surface area contributed by atoms with Crippen molar-refractivity contribution in [1.29, 1.82) is 0 Å². The first-order valence-corrected chi connectivity index (χ1v) is 21.5. The molecule has 0 amide bonds. The molecule has 13 aromatic rings. The molecule has 0 saturated heterocycles. The van der Waals surface area contributed by atoms with Crippen LogP contribution in [0.4, 0.5) is 0 Å². The first kappa shape index (κ1) is 34.7. The van der Waals surface area contributed by atoms with Crippen molar-refractivity contribution in [3.05, 3.63) is 163 Å². The van der Waals surface area contributed by atoms with E-state index in [1.165, 1.54) is 81.9 Å². The summed E-state index contributed by atoms with van der Waals surface area (Å²) in [4.78, 5) is 0. The van der Waals surface area contributed by atoms with Gasteiger partial charge in [0.2, 0.25) is 0 Å². The average Bonchev–Trinajstić information content (AvgIpc) is 4.01. The fraction of sp³-hybridized carbons (Fsp3) is 0.138. The maximum absolute atomic E-state index is 7.09. The lowest BCUT2D eigenvalue weighted by atomic mass is 9.86. The van der Waals surface area contributed by atoms with Crippen LogP contribution in [0.5, 0.6) is 0 Å². The van der Waals surface area contributed by atoms with E-state index in [9.17, 15) is 0 Å². The van der Waals surface area contributed by atoms with Crippen LogP contribution < -0.4 is 0 Å². The summed E-state index contributed by atoms with van der Waals surface area (Å²) < 4.78 is 16.7. The minimum absolute atomic E-state index is 0.0667. The fourth-order valence-electron chi connectivity index (χ4n) is 10.9. The summed E-state index contributed by atoms with van der Waals surface area (Å²) >= 11 is 0. The van der Waals surface area contributed by atoms with Gasteiger partial charge in [0.25, 0.3) is 0 Å². The van der Waals surface area contributed by atoms with Crippen molar-refractivity contribution in [1.82, 2.24) is 4.40 Å². The smallest absolute Gasteiger partial charge is 0.143 e. The van der Waals surface area contributed by atoms with Crippen molar-refractivity contribution in [2.45, 2.75) is 52.4 Å². The van der Waals surface area contributed by atoms with Gasteiger partial charge in [-0.25, -0.2) is 0 Å². The predicted molar refractivity (Wildman–Crippen MR) is 259 cm³/mol. The minimum Gasteiger partial charge on any atom is -0.455 e. The van der Waals surface area contributed by atoms with Gasteiger partial charge in [-0.2, -0.15) is 0 Å². The summed E-state index contributed by atoms with van der Waals surface area (Å²) in [7, 11) is 0. The molecule has 0 atom stereocenters. The van der Waals surface area contributed by atoms with Gasteiger partial charge in [-0.05, 0) is 44.5 Å². The summed E-state index contributed by atoms with van der Waals surface area (Å²) in [6.07, 6.45) is 0. The zero-order valence-electron chi connectivity index (χ0n) is 35.2. The van der Waals surface area contributed by atoms with E-state index in [4.69, 9.17) is 8.83 Å². The SMILES string of the molecule is CC(C)(C)c1cccc2c1oc1c(-c3c4ccccc4cc4c3c3cccc5c6c(-c7cccc8c7oc7c(C(C)(C)C)cccc78)c7ccccc7cc6n4c35)cccc12. The van der Waals surface area contributed by atoms with Gasteiger partial charge in [0.05, 0.1) is 16.6 Å². The molecule has 61 heavy (non-hydrogen) atoms. The number of rotatable bonds is 2. The average molecular weight is 786 g/mol. The summed E-state index contributed by atoms with van der Waals surface area (Å²) in [5.41, 5.74) is 14.4. The largest absolute Gasteiger partial charge is 0.455 e. The molecule has 0 saturated carbocycles. The molecule has 0 radical (unpaired) electrons. The Kier molecular flexibility index (Phi) is 6.72. The third kappa shape index (κ3) is 4.58. The summed E-state index contributed by atoms with van der Waals surface area (Å²) in [6, 6.07) is 56.1. The standard InChI is InChI=1S/C58H43NO2/c1-57(2,3)44-28-14-22-38-36-20-11-26-42(53(36)60-55(38)44)48-34-18-9-7-16-32(34)30-46-50(48)40-24-13-25-41-51-47(59(46)52(40)41)31-33-17-8-10-19-35(33)49(51)43-27-12-21-37-39-23-15-29-45(58(4,5)6)56(39)61-54(37)43/h7-31H,1-6H3. The van der Waals surface area contributed by atoms with Crippen LogP contribution >= 0.6 is 0 Å². The Bertz CT molecular complexity index is 3750. The fourth-order valence-corrected chi connectivity index (χ4v) is 10.9. The summed E-state index contributed by atoms with van der Waals surface area (Å²) in [5.74, 6) is 0.